The van der Waals surface area contributed by atoms with Crippen molar-refractivity contribution < 1.29 is 14.3 Å². The molecule has 0 unspecified atom stereocenters. The van der Waals surface area contributed by atoms with Crippen LogP contribution in [-0.2, 0) is 16.1 Å². The lowest BCUT2D eigenvalue weighted by atomic mass is 10.4. The fourth-order valence-electron chi connectivity index (χ4n) is 0.984. The zero-order chi connectivity index (χ0) is 11.4. The lowest BCUT2D eigenvalue weighted by Crippen LogP contribution is -2.18. The third kappa shape index (κ3) is 3.18. The second-order valence-electron chi connectivity index (χ2n) is 2.72. The van der Waals surface area contributed by atoms with Gasteiger partial charge in [0.25, 0.3) is 0 Å². The molecule has 0 aromatic carbocycles. The van der Waals surface area contributed by atoms with Gasteiger partial charge in [0.05, 0.1) is 6.61 Å². The Balaban J connectivity index is 2.86. The second kappa shape index (κ2) is 5.10. The van der Waals surface area contributed by atoms with Crippen molar-refractivity contribution >= 4 is 34.5 Å². The van der Waals surface area contributed by atoms with Gasteiger partial charge in [-0.1, -0.05) is 0 Å². The topological polar surface area (TPSA) is 87.2 Å². The number of hydrogen-bond donors (Lipinski definition) is 1. The highest BCUT2D eigenvalue weighted by Gasteiger charge is 2.15. The van der Waals surface area contributed by atoms with Crippen LogP contribution < -0.4 is 5.73 Å². The van der Waals surface area contributed by atoms with Crippen LogP contribution in [0.1, 0.15) is 17.3 Å². The summed E-state index contributed by atoms with van der Waals surface area (Å²) in [5, 5.41) is 3.96. The summed E-state index contributed by atoms with van der Waals surface area (Å²) in [6.45, 7) is 1.98. The Morgan fingerprint density at radius 1 is 1.67 bits per heavy atom. The Kier molecular flexibility index (Phi) is 4.06. The number of halogens is 1. The first-order valence-electron chi connectivity index (χ1n) is 4.23. The predicted octanol–water partition coefficient (Wildman–Crippen LogP) is 0.150. The van der Waals surface area contributed by atoms with Crippen LogP contribution in [0.15, 0.2) is 6.20 Å². The van der Waals surface area contributed by atoms with E-state index in [4.69, 9.17) is 10.5 Å². The fourth-order valence-corrected chi connectivity index (χ4v) is 1.62. The number of esters is 1. The molecule has 1 aromatic rings. The number of hydrogen-bond acceptors (Lipinski definition) is 4. The molecule has 15 heavy (non-hydrogen) atoms. The number of carbonyl (C=O) groups is 2. The highest BCUT2D eigenvalue weighted by molar-refractivity contribution is 14.1. The van der Waals surface area contributed by atoms with Crippen LogP contribution in [0.4, 0.5) is 0 Å². The molecule has 0 radical (unpaired) electrons. The van der Waals surface area contributed by atoms with Crippen molar-refractivity contribution in [1.82, 2.24) is 9.78 Å². The summed E-state index contributed by atoms with van der Waals surface area (Å²) in [6, 6.07) is 0. The third-order valence-electron chi connectivity index (χ3n) is 1.53. The Hall–Kier alpha value is -1.12. The van der Waals surface area contributed by atoms with Gasteiger partial charge >= 0.3 is 5.97 Å². The monoisotopic (exact) mass is 323 g/mol. The van der Waals surface area contributed by atoms with E-state index in [0.717, 1.165) is 0 Å². The van der Waals surface area contributed by atoms with Crippen LogP contribution in [0.3, 0.4) is 0 Å². The molecule has 7 heteroatoms. The molecule has 2 N–H and O–H groups in total. The molecule has 1 rings (SSSR count). The molecule has 0 bridgehead atoms. The number of nitrogens with two attached hydrogens (primary N) is 1. The molecule has 1 heterocycles. The van der Waals surface area contributed by atoms with E-state index in [-0.39, 0.29) is 6.54 Å². The smallest absolute Gasteiger partial charge is 0.342 e. The first-order chi connectivity index (χ1) is 7.04. The molecule has 6 nitrogen and oxygen atoms in total. The maximum atomic E-state index is 11.4. The van der Waals surface area contributed by atoms with E-state index >= 15 is 0 Å². The average Bonchev–Trinajstić information content (AvgIpc) is 2.46. The summed E-state index contributed by atoms with van der Waals surface area (Å²) in [6.07, 6.45) is 1.45. The van der Waals surface area contributed by atoms with Gasteiger partial charge in [-0.15, -0.1) is 0 Å². The van der Waals surface area contributed by atoms with Gasteiger partial charge in [0.1, 0.15) is 15.8 Å². The lowest BCUT2D eigenvalue weighted by Gasteiger charge is -1.97. The summed E-state index contributed by atoms with van der Waals surface area (Å²) < 4.78 is 6.62. The first kappa shape index (κ1) is 12.0. The molecule has 0 saturated heterocycles. The lowest BCUT2D eigenvalue weighted by molar-refractivity contribution is -0.118. The molecule has 1 amide bonds. The Bertz CT molecular complexity index is 388. The molecule has 0 aliphatic heterocycles. The molecular formula is C8H10IN3O3. The summed E-state index contributed by atoms with van der Waals surface area (Å²) >= 11 is 1.90. The minimum Gasteiger partial charge on any atom is -0.462 e. The summed E-state index contributed by atoms with van der Waals surface area (Å²) in [5.74, 6) is -0.957. The van der Waals surface area contributed by atoms with E-state index in [1.54, 1.807) is 6.92 Å². The SMILES string of the molecule is CCOC(=O)c1cn(CC(N)=O)nc1I. The molecule has 0 fully saturated rings. The molecule has 0 aliphatic carbocycles. The van der Waals surface area contributed by atoms with Gasteiger partial charge in [-0.25, -0.2) is 4.79 Å². The van der Waals surface area contributed by atoms with Crippen molar-refractivity contribution in [2.45, 2.75) is 13.5 Å². The molecule has 0 spiro atoms. The highest BCUT2D eigenvalue weighted by atomic mass is 127. The van der Waals surface area contributed by atoms with Crippen molar-refractivity contribution in [2.24, 2.45) is 5.73 Å². The summed E-state index contributed by atoms with van der Waals surface area (Å²) in [4.78, 5) is 22.0. The van der Waals surface area contributed by atoms with Gasteiger partial charge < -0.3 is 10.5 Å². The quantitative estimate of drug-likeness (QED) is 0.631. The summed E-state index contributed by atoms with van der Waals surface area (Å²) in [7, 11) is 0. The minimum atomic E-state index is -0.510. The van der Waals surface area contributed by atoms with Gasteiger partial charge in [-0.3, -0.25) is 9.48 Å². The Morgan fingerprint density at radius 2 is 2.33 bits per heavy atom. The molecule has 0 saturated carbocycles. The van der Waals surface area contributed by atoms with Crippen LogP contribution in [0.25, 0.3) is 0 Å². The zero-order valence-corrected chi connectivity index (χ0v) is 10.2. The number of aromatic nitrogens is 2. The van der Waals surface area contributed by atoms with Gasteiger partial charge in [-0.05, 0) is 29.5 Å². The van der Waals surface area contributed by atoms with Crippen molar-refractivity contribution in [3.8, 4) is 0 Å². The maximum Gasteiger partial charge on any atom is 0.342 e. The van der Waals surface area contributed by atoms with E-state index in [0.29, 0.717) is 15.9 Å². The molecule has 1 aromatic heterocycles. The van der Waals surface area contributed by atoms with Crippen LogP contribution >= 0.6 is 22.6 Å². The zero-order valence-electron chi connectivity index (χ0n) is 8.07. The van der Waals surface area contributed by atoms with Crippen LogP contribution in [0, 0.1) is 3.70 Å². The van der Waals surface area contributed by atoms with Crippen molar-refractivity contribution in [3.05, 3.63) is 15.5 Å². The number of rotatable bonds is 4. The molecular weight excluding hydrogens is 313 g/mol. The molecule has 0 atom stereocenters. The van der Waals surface area contributed by atoms with Crippen LogP contribution in [0.2, 0.25) is 0 Å². The Labute approximate surface area is 99.9 Å². The van der Waals surface area contributed by atoms with E-state index in [1.165, 1.54) is 10.9 Å². The van der Waals surface area contributed by atoms with Crippen molar-refractivity contribution in [2.75, 3.05) is 6.61 Å². The number of amides is 1. The number of carbonyl (C=O) groups excluding carboxylic acids is 2. The number of nitrogens with zero attached hydrogens (tertiary/aromatic N) is 2. The number of ether oxygens (including phenoxy) is 1. The molecule has 0 aliphatic rings. The largest absolute Gasteiger partial charge is 0.462 e. The first-order valence-corrected chi connectivity index (χ1v) is 5.30. The van der Waals surface area contributed by atoms with Crippen LogP contribution in [0.5, 0.6) is 0 Å². The van der Waals surface area contributed by atoms with E-state index < -0.39 is 11.9 Å². The van der Waals surface area contributed by atoms with Gasteiger partial charge in [0, 0.05) is 6.20 Å². The van der Waals surface area contributed by atoms with E-state index in [9.17, 15) is 9.59 Å². The van der Waals surface area contributed by atoms with Gasteiger partial charge in [0.15, 0.2) is 0 Å². The van der Waals surface area contributed by atoms with E-state index in [2.05, 4.69) is 5.10 Å². The third-order valence-corrected chi connectivity index (χ3v) is 2.33. The normalized spacial score (nSPS) is 10.0. The molecule has 82 valence electrons. The van der Waals surface area contributed by atoms with E-state index in [1.807, 2.05) is 22.6 Å². The predicted molar refractivity (Wildman–Crippen MR) is 60.1 cm³/mol. The van der Waals surface area contributed by atoms with Crippen LogP contribution in [-0.4, -0.2) is 28.3 Å². The standard InChI is InChI=1S/C8H10IN3O3/c1-2-15-8(14)5-3-12(4-6(10)13)11-7(5)9/h3H,2,4H2,1H3,(H2,10,13). The summed E-state index contributed by atoms with van der Waals surface area (Å²) in [5.41, 5.74) is 5.35. The average molecular weight is 323 g/mol. The fraction of sp³-hybridized carbons (Fsp3) is 0.375. The van der Waals surface area contributed by atoms with Gasteiger partial charge in [0.2, 0.25) is 5.91 Å². The highest BCUT2D eigenvalue weighted by Crippen LogP contribution is 2.11. The second-order valence-corrected chi connectivity index (χ2v) is 3.74. The minimum absolute atomic E-state index is 0.0462. The van der Waals surface area contributed by atoms with Crippen molar-refractivity contribution in [3.63, 3.8) is 0 Å². The van der Waals surface area contributed by atoms with Crippen molar-refractivity contribution in [1.29, 1.82) is 0 Å². The number of primary amides is 1. The maximum absolute atomic E-state index is 11.4. The van der Waals surface area contributed by atoms with Gasteiger partial charge in [-0.2, -0.15) is 5.10 Å². The Morgan fingerprint density at radius 3 is 2.87 bits per heavy atom.